The largest absolute Gasteiger partial charge is 0.467 e. The van der Waals surface area contributed by atoms with Crippen molar-refractivity contribution in [1.29, 1.82) is 0 Å². The number of amides is 1. The van der Waals surface area contributed by atoms with Crippen LogP contribution in [0.25, 0.3) is 4.91 Å². The van der Waals surface area contributed by atoms with Gasteiger partial charge in [0.2, 0.25) is 0 Å². The number of carbonyl (C=O) groups is 1. The number of rotatable bonds is 5. The van der Waals surface area contributed by atoms with Crippen molar-refractivity contribution >= 4 is 39.9 Å². The molecule has 0 radical (unpaired) electrons. The first-order valence-corrected chi connectivity index (χ1v) is 10.5. The van der Waals surface area contributed by atoms with Crippen molar-refractivity contribution in [1.82, 2.24) is 4.90 Å². The second-order valence-corrected chi connectivity index (χ2v) is 8.47. The third-order valence-corrected chi connectivity index (χ3v) is 6.18. The zero-order valence-corrected chi connectivity index (χ0v) is 17.8. The third kappa shape index (κ3) is 4.21. The van der Waals surface area contributed by atoms with Crippen molar-refractivity contribution in [2.24, 2.45) is 0 Å². The van der Waals surface area contributed by atoms with Crippen LogP contribution in [0.1, 0.15) is 18.2 Å². The number of thioether (sulfide) groups is 1. The van der Waals surface area contributed by atoms with Crippen molar-refractivity contribution in [2.45, 2.75) is 24.4 Å². The molecule has 0 saturated carbocycles. The van der Waals surface area contributed by atoms with Crippen molar-refractivity contribution in [3.05, 3.63) is 88.8 Å². The van der Waals surface area contributed by atoms with E-state index >= 15 is 0 Å². The highest BCUT2D eigenvalue weighted by atomic mass is 35.5. The highest BCUT2D eigenvalue weighted by molar-refractivity contribution is 8.08. The number of hydrogen-bond donors (Lipinski definition) is 1. The van der Waals surface area contributed by atoms with Crippen LogP contribution in [0, 0.1) is 0 Å². The molecular formula is C23H21ClN2O2S. The number of likely N-dealkylation sites (N-methyl/N-ethyl adjacent to an activating group) is 1. The molecule has 1 aliphatic rings. The van der Waals surface area contributed by atoms with Gasteiger partial charge in [-0.1, -0.05) is 41.6 Å². The molecule has 1 amide bonds. The molecule has 0 unspecified atom stereocenters. The molecule has 4 rings (SSSR count). The normalized spacial score (nSPS) is 15.6. The lowest BCUT2D eigenvalue weighted by Crippen LogP contribution is -2.36. The van der Waals surface area contributed by atoms with Crippen LogP contribution in [0.4, 0.5) is 5.69 Å². The molecule has 0 saturated heterocycles. The molecular weight excluding hydrogens is 404 g/mol. The molecule has 2 aromatic carbocycles. The van der Waals surface area contributed by atoms with Gasteiger partial charge in [0.1, 0.15) is 5.76 Å². The van der Waals surface area contributed by atoms with Crippen LogP contribution < -0.4 is 5.32 Å². The number of nitrogens with zero attached hydrogens (tertiary/aromatic N) is 1. The highest BCUT2D eigenvalue weighted by Crippen LogP contribution is 2.45. The molecule has 29 heavy (non-hydrogen) atoms. The average Bonchev–Trinajstić information content (AvgIpc) is 3.22. The van der Waals surface area contributed by atoms with Gasteiger partial charge in [-0.3, -0.25) is 4.79 Å². The lowest BCUT2D eigenvalue weighted by molar-refractivity contribution is -0.126. The van der Waals surface area contributed by atoms with E-state index in [-0.39, 0.29) is 11.9 Å². The van der Waals surface area contributed by atoms with E-state index in [2.05, 4.69) is 5.32 Å². The summed E-state index contributed by atoms with van der Waals surface area (Å²) in [5, 5.41) is 4.09. The Bertz CT molecular complexity index is 1050. The quantitative estimate of drug-likeness (QED) is 0.553. The van der Waals surface area contributed by atoms with Gasteiger partial charge < -0.3 is 14.6 Å². The van der Waals surface area contributed by atoms with Gasteiger partial charge in [-0.15, -0.1) is 0 Å². The summed E-state index contributed by atoms with van der Waals surface area (Å²) in [5.41, 5.74) is 2.65. The second kappa shape index (κ2) is 8.39. The lowest BCUT2D eigenvalue weighted by atomic mass is 9.97. The average molecular weight is 425 g/mol. The van der Waals surface area contributed by atoms with Crippen LogP contribution in [0.5, 0.6) is 0 Å². The van der Waals surface area contributed by atoms with Gasteiger partial charge in [-0.2, -0.15) is 0 Å². The minimum atomic E-state index is -0.138. The van der Waals surface area contributed by atoms with E-state index in [1.54, 1.807) is 30.0 Å². The maximum absolute atomic E-state index is 13.5. The molecule has 1 aliphatic heterocycles. The Hall–Kier alpha value is -2.63. The molecule has 0 bridgehead atoms. The molecule has 1 atom stereocenters. The van der Waals surface area contributed by atoms with Gasteiger partial charge in [-0.05, 0) is 49.4 Å². The number of nitrogens with one attached hydrogen (secondary N) is 1. The van der Waals surface area contributed by atoms with E-state index in [0.29, 0.717) is 11.6 Å². The number of furan rings is 1. The van der Waals surface area contributed by atoms with E-state index in [1.165, 1.54) is 0 Å². The van der Waals surface area contributed by atoms with E-state index in [9.17, 15) is 4.79 Å². The third-order valence-electron chi connectivity index (χ3n) is 4.79. The van der Waals surface area contributed by atoms with Crippen LogP contribution in [0.3, 0.4) is 0 Å². The number of anilines is 1. The summed E-state index contributed by atoms with van der Waals surface area (Å²) >= 11 is 7.89. The fourth-order valence-electron chi connectivity index (χ4n) is 3.39. The van der Waals surface area contributed by atoms with Crippen molar-refractivity contribution in [2.75, 3.05) is 12.4 Å². The van der Waals surface area contributed by atoms with E-state index in [1.807, 2.05) is 67.6 Å². The summed E-state index contributed by atoms with van der Waals surface area (Å²) in [6.07, 6.45) is 1.62. The zero-order chi connectivity index (χ0) is 20.4. The lowest BCUT2D eigenvalue weighted by Gasteiger charge is -2.31. The molecule has 1 N–H and O–H groups in total. The van der Waals surface area contributed by atoms with E-state index in [4.69, 9.17) is 16.0 Å². The van der Waals surface area contributed by atoms with Crippen LogP contribution in [0.2, 0.25) is 5.02 Å². The van der Waals surface area contributed by atoms with Crippen LogP contribution >= 0.6 is 23.4 Å². The van der Waals surface area contributed by atoms with Gasteiger partial charge in [0.05, 0.1) is 24.4 Å². The predicted octanol–water partition coefficient (Wildman–Crippen LogP) is 5.91. The minimum Gasteiger partial charge on any atom is -0.467 e. The number of fused-ring (bicyclic) bond motifs is 1. The summed E-state index contributed by atoms with van der Waals surface area (Å²) in [5.74, 6) is 0.712. The Morgan fingerprint density at radius 2 is 1.97 bits per heavy atom. The van der Waals surface area contributed by atoms with Gasteiger partial charge >= 0.3 is 0 Å². The van der Waals surface area contributed by atoms with Gasteiger partial charge in [0.25, 0.3) is 5.91 Å². The Morgan fingerprint density at radius 3 is 2.69 bits per heavy atom. The molecule has 1 aromatic heterocycles. The van der Waals surface area contributed by atoms with Gasteiger partial charge in [0, 0.05) is 33.1 Å². The van der Waals surface area contributed by atoms with Crippen molar-refractivity contribution < 1.29 is 9.21 Å². The van der Waals surface area contributed by atoms with Crippen molar-refractivity contribution in [3.63, 3.8) is 0 Å². The number of hydrogen-bond acceptors (Lipinski definition) is 4. The Labute approximate surface area is 179 Å². The number of carbonyl (C=O) groups excluding carboxylic acids is 1. The minimum absolute atomic E-state index is 0.0366. The fourth-order valence-corrected chi connectivity index (χ4v) is 4.74. The molecule has 0 aliphatic carbocycles. The first-order chi connectivity index (χ1) is 14.0. The smallest absolute Gasteiger partial charge is 0.253 e. The zero-order valence-electron chi connectivity index (χ0n) is 16.2. The summed E-state index contributed by atoms with van der Waals surface area (Å²) in [7, 11) is 1.79. The highest BCUT2D eigenvalue weighted by Gasteiger charge is 2.31. The molecule has 0 fully saturated rings. The molecule has 0 spiro atoms. The maximum Gasteiger partial charge on any atom is 0.253 e. The van der Waals surface area contributed by atoms with Gasteiger partial charge in [0.15, 0.2) is 0 Å². The Morgan fingerprint density at radius 1 is 1.17 bits per heavy atom. The fraction of sp³-hybridized carbons (Fsp3) is 0.174. The second-order valence-electron chi connectivity index (χ2n) is 6.95. The SMILES string of the molecule is C[C@H]1Nc2ccc(Cl)cc2C(Sc2ccccc2)=C1C(=O)N(C)Cc1ccco1. The predicted molar refractivity (Wildman–Crippen MR) is 119 cm³/mol. The summed E-state index contributed by atoms with van der Waals surface area (Å²) in [6, 6.07) is 19.4. The van der Waals surface area contributed by atoms with Crippen molar-refractivity contribution in [3.8, 4) is 0 Å². The van der Waals surface area contributed by atoms with E-state index < -0.39 is 0 Å². The molecule has 148 valence electrons. The molecule has 3 aromatic rings. The van der Waals surface area contributed by atoms with Crippen LogP contribution in [0.15, 0.2) is 81.8 Å². The first-order valence-electron chi connectivity index (χ1n) is 9.34. The monoisotopic (exact) mass is 424 g/mol. The summed E-state index contributed by atoms with van der Waals surface area (Å²) in [4.78, 5) is 17.2. The van der Waals surface area contributed by atoms with E-state index in [0.717, 1.165) is 32.4 Å². The molecule has 6 heteroatoms. The van der Waals surface area contributed by atoms with Crippen LogP contribution in [-0.2, 0) is 11.3 Å². The number of halogens is 1. The maximum atomic E-state index is 13.5. The summed E-state index contributed by atoms with van der Waals surface area (Å²) < 4.78 is 5.41. The molecule has 2 heterocycles. The first kappa shape index (κ1) is 19.7. The standard InChI is InChI=1S/C23H21ClN2O2S/c1-15-21(23(27)26(2)14-17-7-6-12-28-17)22(29-18-8-4-3-5-9-18)19-13-16(24)10-11-20(19)25-15/h3-13,15,25H,14H2,1-2H3/t15-/m1/s1. The molecule has 4 nitrogen and oxygen atoms in total. The Kier molecular flexibility index (Phi) is 5.69. The topological polar surface area (TPSA) is 45.5 Å². The summed E-state index contributed by atoms with van der Waals surface area (Å²) in [6.45, 7) is 2.42. The van der Waals surface area contributed by atoms with Gasteiger partial charge in [-0.25, -0.2) is 0 Å². The number of benzene rings is 2. The Balaban J connectivity index is 1.78. The van der Waals surface area contributed by atoms with Crippen LogP contribution in [-0.4, -0.2) is 23.9 Å².